The van der Waals surface area contributed by atoms with Gasteiger partial charge in [-0.2, -0.15) is 14.5 Å². The molecule has 1 atom stereocenters. The number of nitrogens with zero attached hydrogens (tertiary/aromatic N) is 6. The minimum atomic E-state index is -0.603. The number of piperazine rings is 1. The lowest BCUT2D eigenvalue weighted by atomic mass is 10.2. The Hall–Kier alpha value is -4.06. The van der Waals surface area contributed by atoms with E-state index in [2.05, 4.69) is 31.1 Å². The predicted molar refractivity (Wildman–Crippen MR) is 122 cm³/mol. The van der Waals surface area contributed by atoms with Gasteiger partial charge in [-0.15, -0.1) is 0 Å². The third-order valence-electron chi connectivity index (χ3n) is 6.03. The molecule has 1 saturated carbocycles. The molecule has 0 spiro atoms. The van der Waals surface area contributed by atoms with Gasteiger partial charge in [-0.25, -0.2) is 14.8 Å². The Morgan fingerprint density at radius 2 is 2.12 bits per heavy atom. The van der Waals surface area contributed by atoms with Crippen LogP contribution in [0.15, 0.2) is 42.7 Å². The molecule has 1 aliphatic carbocycles. The molecule has 12 heteroatoms. The summed E-state index contributed by atoms with van der Waals surface area (Å²) < 4.78 is 15.0. The molecule has 0 aromatic carbocycles. The van der Waals surface area contributed by atoms with Crippen LogP contribution >= 0.6 is 0 Å². The van der Waals surface area contributed by atoms with E-state index in [4.69, 9.17) is 9.97 Å². The Balaban J connectivity index is 1.29. The molecular weight excluding hydrogens is 439 g/mol. The van der Waals surface area contributed by atoms with Gasteiger partial charge in [0.1, 0.15) is 17.5 Å². The third kappa shape index (κ3) is 4.03. The fourth-order valence-electron chi connectivity index (χ4n) is 4.12. The third-order valence-corrected chi connectivity index (χ3v) is 6.03. The van der Waals surface area contributed by atoms with Crippen LogP contribution < -0.4 is 16.0 Å². The zero-order chi connectivity index (χ0) is 23.1. The second-order valence-electron chi connectivity index (χ2n) is 8.46. The first-order valence-electron chi connectivity index (χ1n) is 11.2. The number of nitrogens with one attached hydrogen (secondary N) is 4. The van der Waals surface area contributed by atoms with Crippen molar-refractivity contribution in [3.05, 3.63) is 60.2 Å². The van der Waals surface area contributed by atoms with Crippen molar-refractivity contribution in [2.45, 2.75) is 24.8 Å². The molecule has 4 aromatic heterocycles. The summed E-state index contributed by atoms with van der Waals surface area (Å²) in [7, 11) is 0. The Bertz CT molecular complexity index is 1330. The van der Waals surface area contributed by atoms with E-state index in [9.17, 15) is 9.18 Å². The number of aromatic nitrogens is 6. The number of hydrogen-bond acceptors (Lipinski definition) is 7. The summed E-state index contributed by atoms with van der Waals surface area (Å²) in [4.78, 5) is 27.8. The number of fused-ring (bicyclic) bond motifs is 1. The van der Waals surface area contributed by atoms with E-state index in [1.54, 1.807) is 4.90 Å². The van der Waals surface area contributed by atoms with Gasteiger partial charge in [0.05, 0.1) is 17.6 Å². The van der Waals surface area contributed by atoms with Gasteiger partial charge in [0.2, 0.25) is 11.9 Å². The van der Waals surface area contributed by atoms with Crippen molar-refractivity contribution in [3.63, 3.8) is 0 Å². The Labute approximate surface area is 193 Å². The number of halogens is 1. The van der Waals surface area contributed by atoms with Crippen LogP contribution in [-0.2, 0) is 0 Å². The summed E-state index contributed by atoms with van der Waals surface area (Å²) in [6, 6.07) is 7.76. The van der Waals surface area contributed by atoms with E-state index in [0.717, 1.165) is 11.5 Å². The van der Waals surface area contributed by atoms with Crippen molar-refractivity contribution in [2.75, 3.05) is 30.3 Å². The fraction of sp³-hybridized carbons (Fsp3) is 0.318. The Morgan fingerprint density at radius 3 is 2.94 bits per heavy atom. The maximum absolute atomic E-state index is 13.1. The fourth-order valence-corrected chi connectivity index (χ4v) is 4.12. The predicted octanol–water partition coefficient (Wildman–Crippen LogP) is 2.79. The average molecular weight is 462 g/mol. The van der Waals surface area contributed by atoms with E-state index in [1.807, 2.05) is 28.8 Å². The quantitative estimate of drug-likeness (QED) is 0.336. The number of anilines is 3. The molecule has 1 unspecified atom stereocenters. The van der Waals surface area contributed by atoms with Crippen molar-refractivity contribution in [3.8, 4) is 0 Å². The van der Waals surface area contributed by atoms with Crippen molar-refractivity contribution in [2.24, 2.45) is 0 Å². The number of pyridine rings is 1. The number of aromatic amines is 1. The van der Waals surface area contributed by atoms with E-state index < -0.39 is 12.0 Å². The van der Waals surface area contributed by atoms with Crippen LogP contribution in [0.25, 0.3) is 5.65 Å². The maximum atomic E-state index is 13.1. The first kappa shape index (κ1) is 20.5. The first-order valence-corrected chi connectivity index (χ1v) is 11.2. The molecule has 2 aliphatic rings. The highest BCUT2D eigenvalue weighted by Crippen LogP contribution is 2.39. The minimum Gasteiger partial charge on any atom is -0.312 e. The van der Waals surface area contributed by atoms with E-state index in [1.165, 1.54) is 31.2 Å². The van der Waals surface area contributed by atoms with E-state index in [0.29, 0.717) is 48.7 Å². The van der Waals surface area contributed by atoms with Crippen LogP contribution in [0.5, 0.6) is 0 Å². The van der Waals surface area contributed by atoms with Gasteiger partial charge in [0.25, 0.3) is 0 Å². The summed E-state index contributed by atoms with van der Waals surface area (Å²) >= 11 is 0. The van der Waals surface area contributed by atoms with Gasteiger partial charge in [-0.3, -0.25) is 9.50 Å². The Kier molecular flexibility index (Phi) is 5.06. The van der Waals surface area contributed by atoms with Crippen LogP contribution in [0.1, 0.15) is 36.3 Å². The molecule has 0 bridgehead atoms. The lowest BCUT2D eigenvalue weighted by molar-refractivity contribution is 0.167. The van der Waals surface area contributed by atoms with Gasteiger partial charge in [0, 0.05) is 37.8 Å². The first-order chi connectivity index (χ1) is 16.6. The van der Waals surface area contributed by atoms with Gasteiger partial charge in [-0.05, 0) is 37.1 Å². The summed E-state index contributed by atoms with van der Waals surface area (Å²) in [5.74, 6) is 1.77. The molecule has 0 radical (unpaired) electrons. The van der Waals surface area contributed by atoms with Crippen LogP contribution in [0.2, 0.25) is 0 Å². The van der Waals surface area contributed by atoms with Gasteiger partial charge >= 0.3 is 6.03 Å². The van der Waals surface area contributed by atoms with E-state index in [-0.39, 0.29) is 6.03 Å². The molecule has 2 amide bonds. The lowest BCUT2D eigenvalue weighted by Gasteiger charge is -2.35. The molecule has 4 N–H and O–H groups in total. The SMILES string of the molecule is O=C(Nc1ccc(F)nc1)N1CCNCC1c1nc(Nc2cc(C3CC3)n[nH]2)n2cccc2n1. The molecule has 6 rings (SSSR count). The smallest absolute Gasteiger partial charge is 0.312 e. The number of carbonyl (C=O) groups excluding carboxylic acids is 1. The van der Waals surface area contributed by atoms with Gasteiger partial charge in [-0.1, -0.05) is 0 Å². The maximum Gasteiger partial charge on any atom is 0.322 e. The number of urea groups is 1. The highest BCUT2D eigenvalue weighted by molar-refractivity contribution is 5.89. The van der Waals surface area contributed by atoms with Crippen molar-refractivity contribution >= 4 is 29.1 Å². The molecule has 174 valence electrons. The molecule has 11 nitrogen and oxygen atoms in total. The standard InChI is InChI=1S/C22H23FN10O/c23-17-6-5-14(11-25-17)26-22(34)32-9-7-24-12-16(32)20-28-19-2-1-8-33(19)21(29-20)27-18-10-15(30-31-18)13-3-4-13/h1-2,5-6,8,10-11,13,16,24H,3-4,7,9,12H2,(H,26,34)(H2,27,28,29,30,31). The number of rotatable bonds is 5. The minimum absolute atomic E-state index is 0.323. The topological polar surface area (TPSA) is 128 Å². The van der Waals surface area contributed by atoms with Crippen molar-refractivity contribution in [1.29, 1.82) is 0 Å². The van der Waals surface area contributed by atoms with Crippen LogP contribution in [0.3, 0.4) is 0 Å². The Morgan fingerprint density at radius 1 is 1.21 bits per heavy atom. The molecule has 2 fully saturated rings. The van der Waals surface area contributed by atoms with Crippen LogP contribution in [-0.4, -0.2) is 60.1 Å². The van der Waals surface area contributed by atoms with Crippen LogP contribution in [0, 0.1) is 5.95 Å². The lowest BCUT2D eigenvalue weighted by Crippen LogP contribution is -2.50. The molecular formula is C22H23FN10O. The van der Waals surface area contributed by atoms with Gasteiger partial charge in [0.15, 0.2) is 5.82 Å². The largest absolute Gasteiger partial charge is 0.322 e. The average Bonchev–Trinajstić information content (AvgIpc) is 3.40. The second-order valence-corrected chi connectivity index (χ2v) is 8.46. The van der Waals surface area contributed by atoms with Crippen molar-refractivity contribution in [1.82, 2.24) is 39.8 Å². The summed E-state index contributed by atoms with van der Waals surface area (Å²) in [6.45, 7) is 1.61. The molecule has 34 heavy (non-hydrogen) atoms. The summed E-state index contributed by atoms with van der Waals surface area (Å²) in [5.41, 5.74) is 2.18. The molecule has 1 saturated heterocycles. The van der Waals surface area contributed by atoms with Crippen LogP contribution in [0.4, 0.5) is 26.6 Å². The zero-order valence-corrected chi connectivity index (χ0v) is 18.2. The zero-order valence-electron chi connectivity index (χ0n) is 18.2. The van der Waals surface area contributed by atoms with Gasteiger partial charge < -0.3 is 20.9 Å². The molecule has 1 aliphatic heterocycles. The van der Waals surface area contributed by atoms with E-state index >= 15 is 0 Å². The number of carbonyl (C=O) groups is 1. The normalized spacial score (nSPS) is 18.3. The number of hydrogen-bond donors (Lipinski definition) is 4. The van der Waals surface area contributed by atoms with Crippen molar-refractivity contribution < 1.29 is 9.18 Å². The summed E-state index contributed by atoms with van der Waals surface area (Å²) in [6.07, 6.45) is 5.51. The number of H-pyrrole nitrogens is 1. The highest BCUT2D eigenvalue weighted by atomic mass is 19.1. The molecule has 4 aromatic rings. The molecule has 5 heterocycles. The monoisotopic (exact) mass is 462 g/mol. The highest BCUT2D eigenvalue weighted by Gasteiger charge is 2.31. The second kappa shape index (κ2) is 8.37. The summed E-state index contributed by atoms with van der Waals surface area (Å²) in [5, 5.41) is 16.8. The number of amides is 2.